The molecule has 0 radical (unpaired) electrons. The van der Waals surface area contributed by atoms with Crippen molar-refractivity contribution >= 4 is 27.5 Å². The van der Waals surface area contributed by atoms with Gasteiger partial charge in [-0.25, -0.2) is 17.2 Å². The molecule has 0 fully saturated rings. The van der Waals surface area contributed by atoms with Gasteiger partial charge in [0.25, 0.3) is 0 Å². The Morgan fingerprint density at radius 1 is 1.06 bits per heavy atom. The molecule has 2 amide bonds. The fourth-order valence-corrected chi connectivity index (χ4v) is 3.96. The number of rotatable bonds is 9. The zero-order valence-corrected chi connectivity index (χ0v) is 18.3. The number of likely N-dealkylation sites (N-methyl/N-ethyl adjacent to an activating group) is 1. The van der Waals surface area contributed by atoms with Gasteiger partial charge in [-0.2, -0.15) is 0 Å². The molecule has 0 aliphatic heterocycles. The molecule has 0 heterocycles. The Bertz CT molecular complexity index is 1030. The molecule has 10 heteroatoms. The van der Waals surface area contributed by atoms with Crippen LogP contribution >= 0.6 is 0 Å². The molecule has 0 aliphatic rings. The normalized spacial score (nSPS) is 12.2. The molecule has 7 nitrogen and oxygen atoms in total. The van der Waals surface area contributed by atoms with E-state index in [9.17, 15) is 26.8 Å². The maximum absolute atomic E-state index is 13.7. The van der Waals surface area contributed by atoms with Crippen LogP contribution in [0.3, 0.4) is 0 Å². The first-order valence-corrected chi connectivity index (χ1v) is 11.4. The maximum Gasteiger partial charge on any atom is 0.244 e. The topological polar surface area (TPSA) is 86.8 Å². The van der Waals surface area contributed by atoms with Gasteiger partial charge in [0.2, 0.25) is 21.8 Å². The van der Waals surface area contributed by atoms with Crippen LogP contribution in [0.4, 0.5) is 14.5 Å². The van der Waals surface area contributed by atoms with E-state index in [0.717, 1.165) is 24.0 Å². The molecule has 0 aromatic heterocycles. The van der Waals surface area contributed by atoms with E-state index in [-0.39, 0.29) is 12.2 Å². The highest BCUT2D eigenvalue weighted by Gasteiger charge is 2.31. The first-order valence-electron chi connectivity index (χ1n) is 9.56. The van der Waals surface area contributed by atoms with Gasteiger partial charge in [0.1, 0.15) is 12.6 Å². The summed E-state index contributed by atoms with van der Waals surface area (Å²) in [5.41, 5.74) is 0.555. The second-order valence-corrected chi connectivity index (χ2v) is 8.82. The largest absolute Gasteiger partial charge is 0.357 e. The number of carbonyl (C=O) groups excluding carboxylic acids is 2. The number of halogens is 2. The van der Waals surface area contributed by atoms with Gasteiger partial charge in [0.15, 0.2) is 11.6 Å². The highest BCUT2D eigenvalue weighted by Crippen LogP contribution is 2.22. The van der Waals surface area contributed by atoms with Crippen LogP contribution in [0, 0.1) is 11.6 Å². The van der Waals surface area contributed by atoms with Gasteiger partial charge in [-0.15, -0.1) is 0 Å². The van der Waals surface area contributed by atoms with Crippen molar-refractivity contribution in [3.63, 3.8) is 0 Å². The number of benzene rings is 2. The van der Waals surface area contributed by atoms with Gasteiger partial charge in [-0.3, -0.25) is 13.9 Å². The van der Waals surface area contributed by atoms with Gasteiger partial charge in [0.05, 0.1) is 11.9 Å². The summed E-state index contributed by atoms with van der Waals surface area (Å²) in [4.78, 5) is 26.9. The highest BCUT2D eigenvalue weighted by molar-refractivity contribution is 7.92. The van der Waals surface area contributed by atoms with Crippen LogP contribution in [-0.4, -0.2) is 51.0 Å². The van der Waals surface area contributed by atoms with E-state index in [4.69, 9.17) is 0 Å². The minimum absolute atomic E-state index is 0.0704. The molecule has 0 spiro atoms. The van der Waals surface area contributed by atoms with E-state index in [0.29, 0.717) is 16.8 Å². The number of hydrogen-bond donors (Lipinski definition) is 1. The first-order chi connectivity index (χ1) is 14.6. The van der Waals surface area contributed by atoms with Crippen molar-refractivity contribution in [2.24, 2.45) is 0 Å². The van der Waals surface area contributed by atoms with Crippen LogP contribution in [0.1, 0.15) is 18.9 Å². The van der Waals surface area contributed by atoms with Crippen molar-refractivity contribution in [2.75, 3.05) is 24.2 Å². The lowest BCUT2D eigenvalue weighted by Gasteiger charge is -2.32. The molecular weight excluding hydrogens is 428 g/mol. The summed E-state index contributed by atoms with van der Waals surface area (Å²) in [6, 6.07) is 10.6. The number of hydrogen-bond acceptors (Lipinski definition) is 4. The molecule has 168 valence electrons. The third kappa shape index (κ3) is 6.24. The summed E-state index contributed by atoms with van der Waals surface area (Å²) in [6.07, 6.45) is 1.15. The van der Waals surface area contributed by atoms with Crippen molar-refractivity contribution in [3.8, 4) is 0 Å². The fourth-order valence-electron chi connectivity index (χ4n) is 3.12. The van der Waals surface area contributed by atoms with Crippen LogP contribution in [0.25, 0.3) is 0 Å². The minimum atomic E-state index is -4.01. The van der Waals surface area contributed by atoms with Gasteiger partial charge >= 0.3 is 0 Å². The Labute approximate surface area is 180 Å². The van der Waals surface area contributed by atoms with Crippen molar-refractivity contribution in [1.82, 2.24) is 10.2 Å². The molecule has 1 unspecified atom stereocenters. The van der Waals surface area contributed by atoms with Crippen LogP contribution in [-0.2, 0) is 26.2 Å². The molecule has 0 bridgehead atoms. The van der Waals surface area contributed by atoms with Crippen molar-refractivity contribution in [2.45, 2.75) is 25.9 Å². The molecule has 0 aliphatic carbocycles. The number of amides is 2. The van der Waals surface area contributed by atoms with Crippen LogP contribution in [0.2, 0.25) is 0 Å². The van der Waals surface area contributed by atoms with E-state index in [1.54, 1.807) is 37.3 Å². The Morgan fingerprint density at radius 3 is 2.23 bits per heavy atom. The van der Waals surface area contributed by atoms with Gasteiger partial charge in [-0.1, -0.05) is 37.3 Å². The molecule has 2 rings (SSSR count). The zero-order valence-electron chi connectivity index (χ0n) is 17.5. The second kappa shape index (κ2) is 10.3. The summed E-state index contributed by atoms with van der Waals surface area (Å²) in [5.74, 6) is -3.43. The fraction of sp³-hybridized carbons (Fsp3) is 0.333. The predicted octanol–water partition coefficient (Wildman–Crippen LogP) is 2.28. The molecule has 1 N–H and O–H groups in total. The van der Waals surface area contributed by atoms with Gasteiger partial charge < -0.3 is 10.2 Å². The Kier molecular flexibility index (Phi) is 8.09. The lowest BCUT2D eigenvalue weighted by atomic mass is 10.1. The van der Waals surface area contributed by atoms with E-state index in [1.165, 1.54) is 11.9 Å². The number of nitrogens with one attached hydrogen (secondary N) is 1. The molecule has 31 heavy (non-hydrogen) atoms. The van der Waals surface area contributed by atoms with Crippen molar-refractivity contribution < 1.29 is 26.8 Å². The van der Waals surface area contributed by atoms with Gasteiger partial charge in [0, 0.05) is 19.7 Å². The SMILES string of the molecule is CCC(C(=O)NC)N(Cc1ccccc1)C(=O)CN(c1ccc(F)c(F)c1)S(C)(=O)=O. The van der Waals surface area contributed by atoms with E-state index >= 15 is 0 Å². The van der Waals surface area contributed by atoms with Crippen LogP contribution < -0.4 is 9.62 Å². The third-order valence-electron chi connectivity index (χ3n) is 4.70. The average molecular weight is 454 g/mol. The second-order valence-electron chi connectivity index (χ2n) is 6.91. The first kappa shape index (κ1) is 24.3. The zero-order chi connectivity index (χ0) is 23.2. The summed E-state index contributed by atoms with van der Waals surface area (Å²) in [5, 5.41) is 2.51. The molecule has 1 atom stereocenters. The van der Waals surface area contributed by atoms with Gasteiger partial charge in [-0.05, 0) is 24.1 Å². The maximum atomic E-state index is 13.7. The quantitative estimate of drug-likeness (QED) is 0.631. The lowest BCUT2D eigenvalue weighted by Crippen LogP contribution is -2.51. The van der Waals surface area contributed by atoms with E-state index in [1.807, 2.05) is 0 Å². The Morgan fingerprint density at radius 2 is 1.71 bits per heavy atom. The number of anilines is 1. The lowest BCUT2D eigenvalue weighted by molar-refractivity contribution is -0.140. The Balaban J connectivity index is 2.42. The molecule has 2 aromatic rings. The van der Waals surface area contributed by atoms with Crippen LogP contribution in [0.5, 0.6) is 0 Å². The standard InChI is InChI=1S/C21H25F2N3O4S/c1-4-19(21(28)24-2)25(13-15-8-6-5-7-9-15)20(27)14-26(31(3,29)30)16-10-11-17(22)18(23)12-16/h5-12,19H,4,13-14H2,1-3H3,(H,24,28). The summed E-state index contributed by atoms with van der Waals surface area (Å²) in [7, 11) is -2.57. The third-order valence-corrected chi connectivity index (χ3v) is 5.84. The van der Waals surface area contributed by atoms with Crippen LogP contribution in [0.15, 0.2) is 48.5 Å². The molecular formula is C21H25F2N3O4S. The molecule has 2 aromatic carbocycles. The predicted molar refractivity (Wildman–Crippen MR) is 114 cm³/mol. The highest BCUT2D eigenvalue weighted by atomic mass is 32.2. The Hall–Kier alpha value is -3.01. The minimum Gasteiger partial charge on any atom is -0.357 e. The summed E-state index contributed by atoms with van der Waals surface area (Å²) in [6.45, 7) is 1.13. The summed E-state index contributed by atoms with van der Waals surface area (Å²) < 4.78 is 52.4. The van der Waals surface area contributed by atoms with E-state index < -0.39 is 46.1 Å². The number of nitrogens with zero attached hydrogens (tertiary/aromatic N) is 2. The molecule has 0 saturated carbocycles. The average Bonchev–Trinajstić information content (AvgIpc) is 2.73. The number of carbonyl (C=O) groups is 2. The molecule has 0 saturated heterocycles. The smallest absolute Gasteiger partial charge is 0.244 e. The van der Waals surface area contributed by atoms with Crippen molar-refractivity contribution in [3.05, 3.63) is 65.7 Å². The summed E-state index contributed by atoms with van der Waals surface area (Å²) >= 11 is 0. The van der Waals surface area contributed by atoms with E-state index in [2.05, 4.69) is 5.32 Å². The monoisotopic (exact) mass is 453 g/mol. The van der Waals surface area contributed by atoms with Crippen molar-refractivity contribution in [1.29, 1.82) is 0 Å². The number of sulfonamides is 1.